The average molecular weight is 298 g/mol. The first-order chi connectivity index (χ1) is 8.08. The van der Waals surface area contributed by atoms with Gasteiger partial charge in [0.15, 0.2) is 0 Å². The van der Waals surface area contributed by atoms with Gasteiger partial charge < -0.3 is 10.0 Å². The Morgan fingerprint density at radius 1 is 1.29 bits per heavy atom. The molecule has 1 aromatic rings. The fraction of sp³-hybridized carbons (Fsp3) is 0.571. The molecule has 1 fully saturated rings. The van der Waals surface area contributed by atoms with Gasteiger partial charge in [-0.25, -0.2) is 0 Å². The third kappa shape index (κ3) is 3.09. The van der Waals surface area contributed by atoms with E-state index < -0.39 is 0 Å². The molecule has 94 valence electrons. The standard InChI is InChI=1S/C14H20BrNO/c1-10(2)16-8-7-14(17)13(9-16)11-3-5-12(15)6-4-11/h3-6,10,13-14,17H,7-9H2,1-2H3. The van der Waals surface area contributed by atoms with Gasteiger partial charge in [0.2, 0.25) is 0 Å². The van der Waals surface area contributed by atoms with Crippen LogP contribution in [0.4, 0.5) is 0 Å². The van der Waals surface area contributed by atoms with Crippen LogP contribution in [0.3, 0.4) is 0 Å². The van der Waals surface area contributed by atoms with Crippen LogP contribution in [0.25, 0.3) is 0 Å². The van der Waals surface area contributed by atoms with Crippen molar-refractivity contribution in [2.24, 2.45) is 0 Å². The summed E-state index contributed by atoms with van der Waals surface area (Å²) in [5.74, 6) is 0.249. The number of piperidine rings is 1. The summed E-state index contributed by atoms with van der Waals surface area (Å²) in [6.45, 7) is 6.40. The molecule has 1 aliphatic rings. The van der Waals surface area contributed by atoms with Crippen LogP contribution in [-0.2, 0) is 0 Å². The van der Waals surface area contributed by atoms with E-state index in [1.165, 1.54) is 5.56 Å². The quantitative estimate of drug-likeness (QED) is 0.907. The molecule has 2 atom stereocenters. The highest BCUT2D eigenvalue weighted by molar-refractivity contribution is 9.10. The van der Waals surface area contributed by atoms with Crippen LogP contribution in [0, 0.1) is 0 Å². The number of aliphatic hydroxyl groups excluding tert-OH is 1. The molecule has 1 aromatic carbocycles. The lowest BCUT2D eigenvalue weighted by Gasteiger charge is -2.38. The summed E-state index contributed by atoms with van der Waals surface area (Å²) in [6.07, 6.45) is 0.671. The van der Waals surface area contributed by atoms with E-state index in [0.717, 1.165) is 24.0 Å². The summed E-state index contributed by atoms with van der Waals surface area (Å²) in [6, 6.07) is 8.89. The first-order valence-corrected chi connectivity index (χ1v) is 7.05. The normalized spacial score (nSPS) is 26.4. The Morgan fingerprint density at radius 2 is 1.94 bits per heavy atom. The van der Waals surface area contributed by atoms with Crippen molar-refractivity contribution in [1.82, 2.24) is 4.90 Å². The molecule has 0 radical (unpaired) electrons. The van der Waals surface area contributed by atoms with E-state index in [2.05, 4.69) is 58.9 Å². The Kier molecular flexibility index (Phi) is 4.23. The highest BCUT2D eigenvalue weighted by atomic mass is 79.9. The zero-order valence-corrected chi connectivity index (χ0v) is 12.0. The largest absolute Gasteiger partial charge is 0.392 e. The Bertz CT molecular complexity index is 363. The lowest BCUT2D eigenvalue weighted by Crippen LogP contribution is -2.44. The van der Waals surface area contributed by atoms with Crippen LogP contribution < -0.4 is 0 Å². The van der Waals surface area contributed by atoms with Gasteiger partial charge in [-0.1, -0.05) is 28.1 Å². The predicted molar refractivity (Wildman–Crippen MR) is 74.2 cm³/mol. The Morgan fingerprint density at radius 3 is 2.53 bits per heavy atom. The smallest absolute Gasteiger partial charge is 0.0633 e. The van der Waals surface area contributed by atoms with E-state index in [1.807, 2.05) is 0 Å². The number of hydrogen-bond donors (Lipinski definition) is 1. The average Bonchev–Trinajstić information content (AvgIpc) is 2.31. The van der Waals surface area contributed by atoms with Gasteiger partial charge in [0, 0.05) is 29.5 Å². The van der Waals surface area contributed by atoms with E-state index in [0.29, 0.717) is 6.04 Å². The molecule has 0 saturated carbocycles. The van der Waals surface area contributed by atoms with Crippen molar-refractivity contribution in [2.75, 3.05) is 13.1 Å². The molecule has 0 aliphatic carbocycles. The zero-order valence-electron chi connectivity index (χ0n) is 10.4. The van der Waals surface area contributed by atoms with E-state index >= 15 is 0 Å². The van der Waals surface area contributed by atoms with Gasteiger partial charge in [-0.2, -0.15) is 0 Å². The Balaban J connectivity index is 2.15. The van der Waals surface area contributed by atoms with Gasteiger partial charge in [0.25, 0.3) is 0 Å². The van der Waals surface area contributed by atoms with Crippen LogP contribution in [0.1, 0.15) is 31.7 Å². The highest BCUT2D eigenvalue weighted by Crippen LogP contribution is 2.29. The van der Waals surface area contributed by atoms with Crippen molar-refractivity contribution in [3.63, 3.8) is 0 Å². The maximum Gasteiger partial charge on any atom is 0.0633 e. The summed E-state index contributed by atoms with van der Waals surface area (Å²) in [5, 5.41) is 10.2. The topological polar surface area (TPSA) is 23.5 Å². The van der Waals surface area contributed by atoms with Gasteiger partial charge in [-0.05, 0) is 38.0 Å². The molecule has 1 aliphatic heterocycles. The monoisotopic (exact) mass is 297 g/mol. The van der Waals surface area contributed by atoms with Gasteiger partial charge in [0.05, 0.1) is 6.10 Å². The molecule has 0 bridgehead atoms. The zero-order chi connectivity index (χ0) is 12.4. The fourth-order valence-corrected chi connectivity index (χ4v) is 2.74. The molecule has 1 N–H and O–H groups in total. The minimum atomic E-state index is -0.203. The summed E-state index contributed by atoms with van der Waals surface area (Å²) in [5.41, 5.74) is 1.24. The SMILES string of the molecule is CC(C)N1CCC(O)C(c2ccc(Br)cc2)C1. The lowest BCUT2D eigenvalue weighted by molar-refractivity contribution is 0.0471. The molecular weight excluding hydrogens is 278 g/mol. The van der Waals surface area contributed by atoms with Gasteiger partial charge in [-0.15, -0.1) is 0 Å². The molecule has 2 nitrogen and oxygen atoms in total. The minimum Gasteiger partial charge on any atom is -0.392 e. The molecule has 3 heteroatoms. The Hall–Kier alpha value is -0.380. The van der Waals surface area contributed by atoms with Gasteiger partial charge in [0.1, 0.15) is 0 Å². The van der Waals surface area contributed by atoms with E-state index in [4.69, 9.17) is 0 Å². The summed E-state index contributed by atoms with van der Waals surface area (Å²) < 4.78 is 1.09. The van der Waals surface area contributed by atoms with E-state index in [1.54, 1.807) is 0 Å². The number of halogens is 1. The first kappa shape index (κ1) is 13.1. The van der Waals surface area contributed by atoms with Crippen molar-refractivity contribution >= 4 is 15.9 Å². The second-order valence-corrected chi connectivity index (χ2v) is 6.02. The van der Waals surface area contributed by atoms with Crippen molar-refractivity contribution in [3.05, 3.63) is 34.3 Å². The fourth-order valence-electron chi connectivity index (χ4n) is 2.47. The van der Waals surface area contributed by atoms with Crippen LogP contribution >= 0.6 is 15.9 Å². The van der Waals surface area contributed by atoms with E-state index in [9.17, 15) is 5.11 Å². The molecule has 0 spiro atoms. The molecule has 2 unspecified atom stereocenters. The van der Waals surface area contributed by atoms with Crippen LogP contribution in [0.15, 0.2) is 28.7 Å². The molecule has 0 amide bonds. The molecule has 1 saturated heterocycles. The maximum atomic E-state index is 10.2. The molecule has 0 aromatic heterocycles. The molecule has 17 heavy (non-hydrogen) atoms. The second-order valence-electron chi connectivity index (χ2n) is 5.10. The van der Waals surface area contributed by atoms with Crippen molar-refractivity contribution < 1.29 is 5.11 Å². The number of hydrogen-bond acceptors (Lipinski definition) is 2. The summed E-state index contributed by atoms with van der Waals surface area (Å²) in [4.78, 5) is 2.44. The van der Waals surface area contributed by atoms with Gasteiger partial charge in [-0.3, -0.25) is 0 Å². The van der Waals surface area contributed by atoms with E-state index in [-0.39, 0.29) is 12.0 Å². The summed E-state index contributed by atoms with van der Waals surface area (Å²) in [7, 11) is 0. The maximum absolute atomic E-state index is 10.2. The minimum absolute atomic E-state index is 0.203. The number of rotatable bonds is 2. The number of aliphatic hydroxyl groups is 1. The van der Waals surface area contributed by atoms with Crippen LogP contribution in [0.5, 0.6) is 0 Å². The predicted octanol–water partition coefficient (Wildman–Crippen LogP) is 3.01. The lowest BCUT2D eigenvalue weighted by atomic mass is 9.87. The second kappa shape index (κ2) is 5.51. The van der Waals surface area contributed by atoms with Crippen molar-refractivity contribution in [3.8, 4) is 0 Å². The molecule has 1 heterocycles. The van der Waals surface area contributed by atoms with Crippen LogP contribution in [0.2, 0.25) is 0 Å². The highest BCUT2D eigenvalue weighted by Gasteiger charge is 2.29. The number of nitrogens with zero attached hydrogens (tertiary/aromatic N) is 1. The summed E-state index contributed by atoms with van der Waals surface area (Å²) >= 11 is 3.45. The number of benzene rings is 1. The molecule has 2 rings (SSSR count). The molecular formula is C14H20BrNO. The van der Waals surface area contributed by atoms with Crippen molar-refractivity contribution in [2.45, 2.75) is 38.3 Å². The van der Waals surface area contributed by atoms with Crippen molar-refractivity contribution in [1.29, 1.82) is 0 Å². The first-order valence-electron chi connectivity index (χ1n) is 6.25. The Labute approximate surface area is 112 Å². The van der Waals surface area contributed by atoms with Gasteiger partial charge >= 0.3 is 0 Å². The third-order valence-electron chi connectivity index (χ3n) is 3.64. The third-order valence-corrected chi connectivity index (χ3v) is 4.16. The number of likely N-dealkylation sites (tertiary alicyclic amines) is 1. The van der Waals surface area contributed by atoms with Crippen LogP contribution in [-0.4, -0.2) is 35.2 Å².